The number of fused-ring (bicyclic) bond motifs is 1. The maximum atomic E-state index is 12.3. The summed E-state index contributed by atoms with van der Waals surface area (Å²) >= 11 is 1.59. The van der Waals surface area contributed by atoms with Crippen molar-refractivity contribution >= 4 is 34.6 Å². The number of carbonyl (C=O) groups excluding carboxylic acids is 2. The first-order valence-electron chi connectivity index (χ1n) is 10.9. The molecule has 0 bridgehead atoms. The molecule has 4 rings (SSSR count). The first-order chi connectivity index (χ1) is 16.3. The highest BCUT2D eigenvalue weighted by Gasteiger charge is 2.21. The summed E-state index contributed by atoms with van der Waals surface area (Å²) in [7, 11) is 0. The van der Waals surface area contributed by atoms with Gasteiger partial charge in [-0.15, -0.1) is 0 Å². The van der Waals surface area contributed by atoms with Crippen molar-refractivity contribution in [3.63, 3.8) is 0 Å². The van der Waals surface area contributed by atoms with E-state index in [1.807, 2.05) is 57.2 Å². The van der Waals surface area contributed by atoms with Crippen LogP contribution in [0.4, 0.5) is 0 Å². The van der Waals surface area contributed by atoms with Crippen molar-refractivity contribution in [1.29, 1.82) is 0 Å². The molecule has 4 aromatic rings. The van der Waals surface area contributed by atoms with Crippen molar-refractivity contribution in [3.05, 3.63) is 71.4 Å². The Kier molecular flexibility index (Phi) is 6.97. The van der Waals surface area contributed by atoms with E-state index in [0.29, 0.717) is 29.5 Å². The molecule has 2 amide bonds. The number of carbonyl (C=O) groups is 2. The second-order valence-electron chi connectivity index (χ2n) is 8.81. The fraction of sp³-hybridized carbons (Fsp3) is 0.292. The van der Waals surface area contributed by atoms with Crippen molar-refractivity contribution in [1.82, 2.24) is 31.0 Å². The van der Waals surface area contributed by atoms with Crippen LogP contribution in [0.3, 0.4) is 0 Å². The van der Waals surface area contributed by atoms with Crippen LogP contribution in [0, 0.1) is 0 Å². The third-order valence-electron chi connectivity index (χ3n) is 4.98. The minimum Gasteiger partial charge on any atom is -0.339 e. The van der Waals surface area contributed by atoms with Gasteiger partial charge in [0.2, 0.25) is 11.8 Å². The number of aromatic amines is 1. The zero-order valence-electron chi connectivity index (χ0n) is 19.2. The molecule has 2 aromatic carbocycles. The third kappa shape index (κ3) is 6.02. The first kappa shape index (κ1) is 23.5. The van der Waals surface area contributed by atoms with Gasteiger partial charge in [-0.2, -0.15) is 4.98 Å². The number of nitrogens with one attached hydrogen (secondary N) is 3. The zero-order chi connectivity index (χ0) is 24.1. The Balaban J connectivity index is 1.21. The van der Waals surface area contributed by atoms with E-state index in [9.17, 15) is 9.59 Å². The second-order valence-corrected chi connectivity index (χ2v) is 9.77. The average molecular weight is 479 g/mol. The van der Waals surface area contributed by atoms with Crippen molar-refractivity contribution in [3.8, 4) is 0 Å². The minimum atomic E-state index is -0.391. The van der Waals surface area contributed by atoms with Gasteiger partial charge >= 0.3 is 0 Å². The van der Waals surface area contributed by atoms with E-state index in [4.69, 9.17) is 4.52 Å². The van der Waals surface area contributed by atoms with Gasteiger partial charge in [-0.05, 0) is 29.8 Å². The summed E-state index contributed by atoms with van der Waals surface area (Å²) in [5.41, 5.74) is 8.07. The van der Waals surface area contributed by atoms with E-state index in [2.05, 4.69) is 31.0 Å². The van der Waals surface area contributed by atoms with E-state index in [-0.39, 0.29) is 17.7 Å². The van der Waals surface area contributed by atoms with Gasteiger partial charge in [0.15, 0.2) is 11.0 Å². The van der Waals surface area contributed by atoms with Gasteiger partial charge in [0.25, 0.3) is 5.91 Å². The number of rotatable bonds is 7. The summed E-state index contributed by atoms with van der Waals surface area (Å²) in [5, 5.41) is 4.78. The lowest BCUT2D eigenvalue weighted by Gasteiger charge is -2.10. The molecular formula is C24H26N6O3S. The molecule has 0 aliphatic rings. The molecule has 0 fully saturated rings. The van der Waals surface area contributed by atoms with Crippen LogP contribution in [0.5, 0.6) is 0 Å². The Morgan fingerprint density at radius 2 is 1.79 bits per heavy atom. The maximum absolute atomic E-state index is 12.3. The highest BCUT2D eigenvalue weighted by atomic mass is 32.2. The summed E-state index contributed by atoms with van der Waals surface area (Å²) in [4.78, 5) is 36.5. The van der Waals surface area contributed by atoms with E-state index in [1.165, 1.54) is 0 Å². The summed E-state index contributed by atoms with van der Waals surface area (Å²) in [6.07, 6.45) is 0.409. The molecule has 0 atom stereocenters. The maximum Gasteiger partial charge on any atom is 0.269 e. The number of H-pyrrole nitrogens is 1. The Bertz CT molecular complexity index is 1260. The van der Waals surface area contributed by atoms with Gasteiger partial charge in [0.05, 0.1) is 11.0 Å². The van der Waals surface area contributed by atoms with Crippen LogP contribution in [0.1, 0.15) is 54.8 Å². The smallest absolute Gasteiger partial charge is 0.269 e. The Morgan fingerprint density at radius 1 is 1.03 bits per heavy atom. The average Bonchev–Trinajstić information content (AvgIpc) is 3.47. The Labute approximate surface area is 201 Å². The van der Waals surface area contributed by atoms with Crippen LogP contribution in [0.2, 0.25) is 0 Å². The van der Waals surface area contributed by atoms with Crippen LogP contribution >= 0.6 is 11.8 Å². The van der Waals surface area contributed by atoms with Gasteiger partial charge in [0.1, 0.15) is 0 Å². The Morgan fingerprint density at radius 3 is 2.50 bits per heavy atom. The molecule has 0 radical (unpaired) electrons. The highest BCUT2D eigenvalue weighted by molar-refractivity contribution is 7.98. The molecule has 3 N–H and O–H groups in total. The number of hydrazine groups is 1. The summed E-state index contributed by atoms with van der Waals surface area (Å²) in [5.74, 6) is 0.962. The van der Waals surface area contributed by atoms with Crippen LogP contribution in [0.15, 0.2) is 58.2 Å². The van der Waals surface area contributed by atoms with Crippen LogP contribution in [-0.2, 0) is 22.4 Å². The predicted molar refractivity (Wildman–Crippen MR) is 129 cm³/mol. The molecule has 0 spiro atoms. The third-order valence-corrected chi connectivity index (χ3v) is 5.92. The van der Waals surface area contributed by atoms with Crippen LogP contribution in [0.25, 0.3) is 11.0 Å². The van der Waals surface area contributed by atoms with Crippen LogP contribution in [-0.4, -0.2) is 31.9 Å². The SMILES string of the molecule is CC(C)(C)c1noc(CCC(=O)NNC(=O)c2ccc(CSc3nc4ccccc4[nH]3)cc2)n1. The second kappa shape index (κ2) is 10.1. The van der Waals surface area contributed by atoms with E-state index in [1.54, 1.807) is 23.9 Å². The molecule has 2 aromatic heterocycles. The monoisotopic (exact) mass is 478 g/mol. The number of thioether (sulfide) groups is 1. The number of hydrogen-bond acceptors (Lipinski definition) is 7. The standard InChI is InChI=1S/C24H26N6O3S/c1-24(2,3)22-27-20(33-30-22)13-12-19(31)28-29-21(32)16-10-8-15(9-11-16)14-34-23-25-17-6-4-5-7-18(17)26-23/h4-11H,12-14H2,1-3H3,(H,25,26)(H,28,31)(H,29,32). The van der Waals surface area contributed by atoms with Gasteiger partial charge < -0.3 is 9.51 Å². The molecule has 34 heavy (non-hydrogen) atoms. The zero-order valence-corrected chi connectivity index (χ0v) is 20.0. The molecule has 0 aliphatic carbocycles. The minimum absolute atomic E-state index is 0.115. The van der Waals surface area contributed by atoms with Crippen molar-refractivity contribution in [2.45, 2.75) is 49.9 Å². The van der Waals surface area contributed by atoms with E-state index in [0.717, 1.165) is 21.8 Å². The predicted octanol–water partition coefficient (Wildman–Crippen LogP) is 3.93. The molecule has 0 aliphatic heterocycles. The van der Waals surface area contributed by atoms with E-state index >= 15 is 0 Å². The number of imidazole rings is 1. The molecular weight excluding hydrogens is 452 g/mol. The lowest BCUT2D eigenvalue weighted by Crippen LogP contribution is -2.41. The molecule has 10 heteroatoms. The fourth-order valence-electron chi connectivity index (χ4n) is 3.04. The number of hydrogen-bond donors (Lipinski definition) is 3. The largest absolute Gasteiger partial charge is 0.339 e. The van der Waals surface area contributed by atoms with Crippen LogP contribution < -0.4 is 10.9 Å². The van der Waals surface area contributed by atoms with Crippen molar-refractivity contribution in [2.24, 2.45) is 0 Å². The van der Waals surface area contributed by atoms with Crippen molar-refractivity contribution in [2.75, 3.05) is 0 Å². The quantitative estimate of drug-likeness (QED) is 0.271. The summed E-state index contributed by atoms with van der Waals surface area (Å²) in [6, 6.07) is 15.1. The van der Waals surface area contributed by atoms with Gasteiger partial charge in [0, 0.05) is 29.6 Å². The topological polar surface area (TPSA) is 126 Å². The lowest BCUT2D eigenvalue weighted by atomic mass is 9.96. The van der Waals surface area contributed by atoms with Crippen molar-refractivity contribution < 1.29 is 14.1 Å². The lowest BCUT2D eigenvalue weighted by molar-refractivity contribution is -0.121. The molecule has 0 unspecified atom stereocenters. The van der Waals surface area contributed by atoms with Gasteiger partial charge in [-0.25, -0.2) is 4.98 Å². The highest BCUT2D eigenvalue weighted by Crippen LogP contribution is 2.23. The van der Waals surface area contributed by atoms with Gasteiger partial charge in [-0.1, -0.05) is 62.0 Å². The fourth-order valence-corrected chi connectivity index (χ4v) is 3.89. The number of amides is 2. The molecule has 2 heterocycles. The number of aromatic nitrogens is 4. The number of para-hydroxylation sites is 2. The van der Waals surface area contributed by atoms with E-state index < -0.39 is 5.91 Å². The summed E-state index contributed by atoms with van der Waals surface area (Å²) < 4.78 is 5.17. The Hall–Kier alpha value is -3.66. The van der Waals surface area contributed by atoms with Gasteiger partial charge in [-0.3, -0.25) is 20.4 Å². The number of benzene rings is 2. The molecule has 0 saturated carbocycles. The molecule has 0 saturated heterocycles. The summed E-state index contributed by atoms with van der Waals surface area (Å²) in [6.45, 7) is 5.95. The normalized spacial score (nSPS) is 11.5. The number of nitrogens with zero attached hydrogens (tertiary/aromatic N) is 3. The molecule has 176 valence electrons. The first-order valence-corrected chi connectivity index (χ1v) is 11.9. The molecule has 9 nitrogen and oxygen atoms in total. The number of aryl methyl sites for hydroxylation is 1.